The average Bonchev–Trinajstić information content (AvgIpc) is 2.05. The van der Waals surface area contributed by atoms with Gasteiger partial charge < -0.3 is 4.90 Å². The van der Waals surface area contributed by atoms with Crippen molar-refractivity contribution < 1.29 is 0 Å². The minimum atomic E-state index is 0.763. The minimum Gasteiger partial charge on any atom is -0.369 e. The summed E-state index contributed by atoms with van der Waals surface area (Å²) >= 11 is 0. The van der Waals surface area contributed by atoms with Gasteiger partial charge in [-0.05, 0) is 5.56 Å². The van der Waals surface area contributed by atoms with Gasteiger partial charge in [-0.25, -0.2) is 0 Å². The molecule has 0 unspecified atom stereocenters. The van der Waals surface area contributed by atoms with Crippen LogP contribution in [0.1, 0.15) is 5.56 Å². The summed E-state index contributed by atoms with van der Waals surface area (Å²) in [5.74, 6) is 0. The molecule has 1 aromatic rings. The van der Waals surface area contributed by atoms with E-state index >= 15 is 0 Å². The third kappa shape index (κ3) is 3.19. The van der Waals surface area contributed by atoms with Crippen molar-refractivity contribution in [1.82, 2.24) is 4.90 Å². The summed E-state index contributed by atoms with van der Waals surface area (Å²) in [6.45, 7) is 0.763. The molecule has 0 heterocycles. The number of nitrogens with zero attached hydrogens (tertiary/aromatic N) is 2. The summed E-state index contributed by atoms with van der Waals surface area (Å²) < 4.78 is 0. The molecule has 64 valence electrons. The molecule has 0 atom stereocenters. The average molecular weight is 162 g/mol. The molecule has 0 aliphatic rings. The summed E-state index contributed by atoms with van der Waals surface area (Å²) in [6.07, 6.45) is 1.83. The summed E-state index contributed by atoms with van der Waals surface area (Å²) in [7, 11) is 3.93. The van der Waals surface area contributed by atoms with Crippen LogP contribution in [0.15, 0.2) is 35.3 Å². The molecule has 0 aromatic heterocycles. The maximum atomic E-state index is 4.24. The predicted octanol–water partition coefficient (Wildman–Crippen LogP) is 1.78. The highest BCUT2D eigenvalue weighted by Crippen LogP contribution is 1.99. The van der Waals surface area contributed by atoms with Crippen LogP contribution in [-0.2, 0) is 6.54 Å². The normalized spacial score (nSPS) is 10.5. The first kappa shape index (κ1) is 8.78. The van der Waals surface area contributed by atoms with Crippen molar-refractivity contribution in [2.75, 3.05) is 14.1 Å². The standard InChI is InChI=1S/C10H14N2/c1-12(2)9-11-8-10-6-4-3-5-7-10/h3-7,9H,8H2,1-2H3/b11-9-. The van der Waals surface area contributed by atoms with Gasteiger partial charge in [0.15, 0.2) is 0 Å². The van der Waals surface area contributed by atoms with Crippen molar-refractivity contribution in [3.8, 4) is 0 Å². The van der Waals surface area contributed by atoms with Crippen molar-refractivity contribution in [2.45, 2.75) is 6.54 Å². The summed E-state index contributed by atoms with van der Waals surface area (Å²) in [5, 5.41) is 0. The lowest BCUT2D eigenvalue weighted by molar-refractivity contribution is 0.638. The fourth-order valence-corrected chi connectivity index (χ4v) is 0.893. The Morgan fingerprint density at radius 2 is 1.92 bits per heavy atom. The van der Waals surface area contributed by atoms with E-state index in [4.69, 9.17) is 0 Å². The monoisotopic (exact) mass is 162 g/mol. The van der Waals surface area contributed by atoms with Gasteiger partial charge >= 0.3 is 0 Å². The molecule has 0 saturated heterocycles. The van der Waals surface area contributed by atoms with E-state index in [2.05, 4.69) is 17.1 Å². The second kappa shape index (κ2) is 4.54. The van der Waals surface area contributed by atoms with E-state index in [0.717, 1.165) is 6.54 Å². The first-order valence-electron chi connectivity index (χ1n) is 3.99. The molecule has 0 amide bonds. The lowest BCUT2D eigenvalue weighted by Gasteiger charge is -2.01. The van der Waals surface area contributed by atoms with Crippen LogP contribution in [0, 0.1) is 0 Å². The van der Waals surface area contributed by atoms with E-state index in [1.807, 2.05) is 43.5 Å². The number of rotatable bonds is 3. The van der Waals surface area contributed by atoms with E-state index in [1.165, 1.54) is 5.56 Å². The van der Waals surface area contributed by atoms with E-state index in [9.17, 15) is 0 Å². The molecular weight excluding hydrogens is 148 g/mol. The molecule has 0 fully saturated rings. The third-order valence-corrected chi connectivity index (χ3v) is 1.43. The zero-order valence-corrected chi connectivity index (χ0v) is 7.57. The maximum absolute atomic E-state index is 4.24. The Bertz CT molecular complexity index is 239. The summed E-state index contributed by atoms with van der Waals surface area (Å²) in [6, 6.07) is 10.2. The zero-order valence-electron chi connectivity index (χ0n) is 7.57. The van der Waals surface area contributed by atoms with Crippen LogP contribution in [0.3, 0.4) is 0 Å². The Labute approximate surface area is 73.5 Å². The van der Waals surface area contributed by atoms with Gasteiger partial charge in [0.05, 0.1) is 12.9 Å². The first-order valence-corrected chi connectivity index (χ1v) is 3.99. The first-order chi connectivity index (χ1) is 5.79. The largest absolute Gasteiger partial charge is 0.369 e. The quantitative estimate of drug-likeness (QED) is 0.488. The Kier molecular flexibility index (Phi) is 3.33. The van der Waals surface area contributed by atoms with Crippen LogP contribution in [0.25, 0.3) is 0 Å². The molecule has 12 heavy (non-hydrogen) atoms. The fourth-order valence-electron chi connectivity index (χ4n) is 0.893. The fraction of sp³-hybridized carbons (Fsp3) is 0.300. The van der Waals surface area contributed by atoms with E-state index in [-0.39, 0.29) is 0 Å². The number of benzene rings is 1. The van der Waals surface area contributed by atoms with Crippen LogP contribution in [0.5, 0.6) is 0 Å². The molecule has 0 N–H and O–H groups in total. The number of aliphatic imine (C=N–C) groups is 1. The molecule has 0 bridgehead atoms. The van der Waals surface area contributed by atoms with E-state index in [1.54, 1.807) is 0 Å². The van der Waals surface area contributed by atoms with Gasteiger partial charge in [-0.1, -0.05) is 30.3 Å². The van der Waals surface area contributed by atoms with Crippen LogP contribution < -0.4 is 0 Å². The molecular formula is C10H14N2. The van der Waals surface area contributed by atoms with Crippen molar-refractivity contribution >= 4 is 6.34 Å². The van der Waals surface area contributed by atoms with Crippen molar-refractivity contribution in [1.29, 1.82) is 0 Å². The van der Waals surface area contributed by atoms with E-state index < -0.39 is 0 Å². The zero-order chi connectivity index (χ0) is 8.81. The Morgan fingerprint density at radius 1 is 1.25 bits per heavy atom. The van der Waals surface area contributed by atoms with E-state index in [0.29, 0.717) is 0 Å². The third-order valence-electron chi connectivity index (χ3n) is 1.43. The van der Waals surface area contributed by atoms with Crippen LogP contribution in [0.2, 0.25) is 0 Å². The predicted molar refractivity (Wildman–Crippen MR) is 52.3 cm³/mol. The molecule has 0 radical (unpaired) electrons. The van der Waals surface area contributed by atoms with Gasteiger partial charge in [0, 0.05) is 14.1 Å². The molecule has 1 aromatic carbocycles. The van der Waals surface area contributed by atoms with Gasteiger partial charge in [-0.2, -0.15) is 0 Å². The molecule has 0 saturated carbocycles. The Balaban J connectivity index is 2.43. The highest BCUT2D eigenvalue weighted by Gasteiger charge is 1.85. The lowest BCUT2D eigenvalue weighted by Crippen LogP contribution is -2.07. The van der Waals surface area contributed by atoms with Crippen molar-refractivity contribution in [3.05, 3.63) is 35.9 Å². The number of hydrogen-bond donors (Lipinski definition) is 0. The molecule has 0 spiro atoms. The van der Waals surface area contributed by atoms with Crippen LogP contribution in [0.4, 0.5) is 0 Å². The van der Waals surface area contributed by atoms with Crippen molar-refractivity contribution in [2.24, 2.45) is 4.99 Å². The van der Waals surface area contributed by atoms with Crippen LogP contribution in [-0.4, -0.2) is 25.3 Å². The highest BCUT2D eigenvalue weighted by atomic mass is 15.1. The van der Waals surface area contributed by atoms with Crippen LogP contribution >= 0.6 is 0 Å². The van der Waals surface area contributed by atoms with Gasteiger partial charge in [0.2, 0.25) is 0 Å². The minimum absolute atomic E-state index is 0.763. The molecule has 1 rings (SSSR count). The second-order valence-corrected chi connectivity index (χ2v) is 2.91. The maximum Gasteiger partial charge on any atom is 0.0848 e. The van der Waals surface area contributed by atoms with Gasteiger partial charge in [-0.3, -0.25) is 4.99 Å². The second-order valence-electron chi connectivity index (χ2n) is 2.91. The SMILES string of the molecule is CN(C)/C=N\Cc1ccccc1. The highest BCUT2D eigenvalue weighted by molar-refractivity contribution is 5.53. The lowest BCUT2D eigenvalue weighted by atomic mass is 10.2. The summed E-state index contributed by atoms with van der Waals surface area (Å²) in [4.78, 5) is 6.18. The van der Waals surface area contributed by atoms with Crippen molar-refractivity contribution in [3.63, 3.8) is 0 Å². The number of hydrogen-bond acceptors (Lipinski definition) is 1. The topological polar surface area (TPSA) is 15.6 Å². The molecule has 0 aliphatic carbocycles. The molecule has 2 heteroatoms. The Morgan fingerprint density at radius 3 is 2.50 bits per heavy atom. The van der Waals surface area contributed by atoms with Gasteiger partial charge in [0.25, 0.3) is 0 Å². The summed E-state index contributed by atoms with van der Waals surface area (Å²) in [5.41, 5.74) is 1.25. The van der Waals surface area contributed by atoms with Gasteiger partial charge in [0.1, 0.15) is 0 Å². The van der Waals surface area contributed by atoms with Gasteiger partial charge in [-0.15, -0.1) is 0 Å². The Hall–Kier alpha value is -1.31. The molecule has 0 aliphatic heterocycles. The molecule has 2 nitrogen and oxygen atoms in total. The smallest absolute Gasteiger partial charge is 0.0848 e.